The third-order valence-electron chi connectivity index (χ3n) is 1.80. The lowest BCUT2D eigenvalue weighted by atomic mass is 10.1. The summed E-state index contributed by atoms with van der Waals surface area (Å²) < 4.78 is 0. The summed E-state index contributed by atoms with van der Waals surface area (Å²) in [5.74, 6) is 0. The van der Waals surface area contributed by atoms with Gasteiger partial charge in [0, 0.05) is 10.7 Å². The van der Waals surface area contributed by atoms with Crippen molar-refractivity contribution in [2.24, 2.45) is 0 Å². The SMILES string of the molecule is C=O.CCc1cc(C)c(Cl)cc1N. The van der Waals surface area contributed by atoms with Gasteiger partial charge >= 0.3 is 0 Å². The molecule has 1 aromatic carbocycles. The van der Waals surface area contributed by atoms with Crippen molar-refractivity contribution in [1.29, 1.82) is 0 Å². The number of hydrogen-bond acceptors (Lipinski definition) is 2. The first-order chi connectivity index (χ1) is 6.15. The molecule has 0 fully saturated rings. The van der Waals surface area contributed by atoms with Crippen LogP contribution in [-0.2, 0) is 11.2 Å². The summed E-state index contributed by atoms with van der Waals surface area (Å²) in [5, 5.41) is 0.750. The highest BCUT2D eigenvalue weighted by atomic mass is 35.5. The molecule has 0 aromatic heterocycles. The van der Waals surface area contributed by atoms with E-state index < -0.39 is 0 Å². The molecule has 0 spiro atoms. The van der Waals surface area contributed by atoms with Gasteiger partial charge in [-0.3, -0.25) is 0 Å². The Morgan fingerprint density at radius 2 is 2.00 bits per heavy atom. The number of benzene rings is 1. The predicted octanol–water partition coefficient (Wildman–Crippen LogP) is 2.61. The van der Waals surface area contributed by atoms with Gasteiger partial charge in [0.05, 0.1) is 0 Å². The predicted molar refractivity (Wildman–Crippen MR) is 57.1 cm³/mol. The lowest BCUT2D eigenvalue weighted by molar-refractivity contribution is -0.0979. The second kappa shape index (κ2) is 5.60. The summed E-state index contributed by atoms with van der Waals surface area (Å²) in [4.78, 5) is 8.00. The monoisotopic (exact) mass is 199 g/mol. The maximum atomic E-state index is 8.00. The van der Waals surface area contributed by atoms with E-state index in [2.05, 4.69) is 6.92 Å². The van der Waals surface area contributed by atoms with Crippen molar-refractivity contribution in [3.05, 3.63) is 28.3 Å². The molecule has 0 aliphatic rings. The minimum absolute atomic E-state index is 0.750. The van der Waals surface area contributed by atoms with E-state index in [1.165, 1.54) is 5.56 Å². The third kappa shape index (κ3) is 3.07. The Morgan fingerprint density at radius 3 is 2.46 bits per heavy atom. The van der Waals surface area contributed by atoms with E-state index in [1.54, 1.807) is 0 Å². The fraction of sp³-hybridized carbons (Fsp3) is 0.300. The average Bonchev–Trinajstić information content (AvgIpc) is 2.15. The molecule has 0 saturated heterocycles. The van der Waals surface area contributed by atoms with Crippen LogP contribution < -0.4 is 5.73 Å². The summed E-state index contributed by atoms with van der Waals surface area (Å²) in [6.45, 7) is 6.07. The van der Waals surface area contributed by atoms with Crippen LogP contribution >= 0.6 is 11.6 Å². The fourth-order valence-corrected chi connectivity index (χ4v) is 1.23. The lowest BCUT2D eigenvalue weighted by Crippen LogP contribution is -1.93. The van der Waals surface area contributed by atoms with Crippen LogP contribution in [0.3, 0.4) is 0 Å². The molecule has 0 aliphatic heterocycles. The first-order valence-electron chi connectivity index (χ1n) is 3.98. The molecular weight excluding hydrogens is 186 g/mol. The number of anilines is 1. The van der Waals surface area contributed by atoms with Crippen LogP contribution in [0.25, 0.3) is 0 Å². The third-order valence-corrected chi connectivity index (χ3v) is 2.21. The normalized spacial score (nSPS) is 8.85. The molecule has 1 aromatic rings. The number of halogens is 1. The van der Waals surface area contributed by atoms with Gasteiger partial charge in [0.2, 0.25) is 0 Å². The molecule has 1 rings (SSSR count). The summed E-state index contributed by atoms with van der Waals surface area (Å²) >= 11 is 5.86. The number of nitrogens with two attached hydrogens (primary N) is 1. The van der Waals surface area contributed by atoms with E-state index in [0.717, 1.165) is 22.7 Å². The summed E-state index contributed by atoms with van der Waals surface area (Å²) in [7, 11) is 0. The number of hydrogen-bond donors (Lipinski definition) is 1. The first kappa shape index (κ1) is 12.0. The van der Waals surface area contributed by atoms with E-state index in [1.807, 2.05) is 25.8 Å². The lowest BCUT2D eigenvalue weighted by Gasteiger charge is -2.05. The summed E-state index contributed by atoms with van der Waals surface area (Å²) in [6.07, 6.45) is 0.962. The molecule has 3 heteroatoms. The first-order valence-corrected chi connectivity index (χ1v) is 4.36. The standard InChI is InChI=1S/C9H12ClN.CH2O/c1-3-7-4-6(2)8(10)5-9(7)11;1-2/h4-5H,3,11H2,1-2H3;1H2. The van der Waals surface area contributed by atoms with Crippen molar-refractivity contribution in [2.45, 2.75) is 20.3 Å². The van der Waals surface area contributed by atoms with E-state index >= 15 is 0 Å². The quantitative estimate of drug-likeness (QED) is 0.707. The van der Waals surface area contributed by atoms with Crippen molar-refractivity contribution in [1.82, 2.24) is 0 Å². The van der Waals surface area contributed by atoms with Crippen molar-refractivity contribution < 1.29 is 4.79 Å². The minimum Gasteiger partial charge on any atom is -0.398 e. The Morgan fingerprint density at radius 1 is 1.46 bits per heavy atom. The Labute approximate surface area is 83.7 Å². The summed E-state index contributed by atoms with van der Waals surface area (Å²) in [6, 6.07) is 3.85. The van der Waals surface area contributed by atoms with Gasteiger partial charge in [-0.05, 0) is 30.5 Å². The van der Waals surface area contributed by atoms with Gasteiger partial charge in [0.15, 0.2) is 0 Å². The zero-order chi connectivity index (χ0) is 10.4. The van der Waals surface area contributed by atoms with Gasteiger partial charge in [-0.15, -0.1) is 0 Å². The highest BCUT2D eigenvalue weighted by Gasteiger charge is 2.00. The number of carbonyl (C=O) groups excluding carboxylic acids is 1. The molecule has 0 heterocycles. The number of carbonyl (C=O) groups is 1. The van der Waals surface area contributed by atoms with Crippen LogP contribution in [0.2, 0.25) is 5.02 Å². The highest BCUT2D eigenvalue weighted by Crippen LogP contribution is 2.22. The second-order valence-electron chi connectivity index (χ2n) is 2.65. The van der Waals surface area contributed by atoms with Crippen LogP contribution in [0, 0.1) is 6.92 Å². The highest BCUT2D eigenvalue weighted by molar-refractivity contribution is 6.31. The minimum atomic E-state index is 0.750. The number of aryl methyl sites for hydroxylation is 2. The van der Waals surface area contributed by atoms with Gasteiger partial charge < -0.3 is 10.5 Å². The molecule has 0 bridgehead atoms. The molecule has 0 atom stereocenters. The topological polar surface area (TPSA) is 43.1 Å². The van der Waals surface area contributed by atoms with Gasteiger partial charge in [-0.1, -0.05) is 24.6 Å². The molecule has 2 nitrogen and oxygen atoms in total. The maximum absolute atomic E-state index is 8.00. The van der Waals surface area contributed by atoms with Crippen molar-refractivity contribution in [2.75, 3.05) is 5.73 Å². The second-order valence-corrected chi connectivity index (χ2v) is 3.06. The number of rotatable bonds is 1. The smallest absolute Gasteiger partial charge is 0.106 e. The van der Waals surface area contributed by atoms with Gasteiger partial charge in [-0.25, -0.2) is 0 Å². The molecule has 0 amide bonds. The Kier molecular flexibility index (Phi) is 5.16. The largest absolute Gasteiger partial charge is 0.398 e. The van der Waals surface area contributed by atoms with E-state index in [0.29, 0.717) is 0 Å². The molecule has 0 saturated carbocycles. The van der Waals surface area contributed by atoms with Crippen LogP contribution in [0.5, 0.6) is 0 Å². The van der Waals surface area contributed by atoms with Gasteiger partial charge in [-0.2, -0.15) is 0 Å². The molecule has 0 radical (unpaired) electrons. The zero-order valence-corrected chi connectivity index (χ0v) is 8.69. The molecule has 0 unspecified atom stereocenters. The maximum Gasteiger partial charge on any atom is 0.106 e. The summed E-state index contributed by atoms with van der Waals surface area (Å²) in [5.41, 5.74) is 8.78. The van der Waals surface area contributed by atoms with Crippen LogP contribution in [0.1, 0.15) is 18.1 Å². The van der Waals surface area contributed by atoms with Crippen molar-refractivity contribution in [3.8, 4) is 0 Å². The van der Waals surface area contributed by atoms with E-state index in [-0.39, 0.29) is 0 Å². The van der Waals surface area contributed by atoms with Crippen LogP contribution in [0.15, 0.2) is 12.1 Å². The van der Waals surface area contributed by atoms with Gasteiger partial charge in [0.1, 0.15) is 6.79 Å². The van der Waals surface area contributed by atoms with Crippen molar-refractivity contribution in [3.63, 3.8) is 0 Å². The van der Waals surface area contributed by atoms with E-state index in [9.17, 15) is 0 Å². The molecule has 2 N–H and O–H groups in total. The Bertz CT molecular complexity index is 286. The fourth-order valence-electron chi connectivity index (χ4n) is 1.06. The molecular formula is C10H14ClNO. The van der Waals surface area contributed by atoms with Crippen molar-refractivity contribution >= 4 is 24.1 Å². The van der Waals surface area contributed by atoms with E-state index in [4.69, 9.17) is 22.1 Å². The van der Waals surface area contributed by atoms with Crippen LogP contribution in [0.4, 0.5) is 5.69 Å². The molecule has 72 valence electrons. The Hall–Kier alpha value is -1.02. The van der Waals surface area contributed by atoms with Gasteiger partial charge in [0.25, 0.3) is 0 Å². The van der Waals surface area contributed by atoms with Crippen LogP contribution in [-0.4, -0.2) is 6.79 Å². The molecule has 13 heavy (non-hydrogen) atoms. The number of nitrogen functional groups attached to an aromatic ring is 1. The molecule has 0 aliphatic carbocycles. The zero-order valence-electron chi connectivity index (χ0n) is 7.93. The Balaban J connectivity index is 0.000000671. The average molecular weight is 200 g/mol.